The van der Waals surface area contributed by atoms with Crippen molar-refractivity contribution in [2.75, 3.05) is 7.11 Å². The number of ether oxygens (including phenoxy) is 2. The van der Waals surface area contributed by atoms with Gasteiger partial charge in [-0.1, -0.05) is 29.1 Å². The van der Waals surface area contributed by atoms with Crippen LogP contribution in [0.3, 0.4) is 0 Å². The molecule has 0 spiro atoms. The molecule has 0 unspecified atom stereocenters. The van der Waals surface area contributed by atoms with E-state index in [0.717, 1.165) is 5.56 Å². The fraction of sp³-hybridized carbons (Fsp3) is 0.200. The van der Waals surface area contributed by atoms with Crippen molar-refractivity contribution in [2.24, 2.45) is 0 Å². The van der Waals surface area contributed by atoms with Gasteiger partial charge in [0, 0.05) is 17.7 Å². The molecule has 0 aliphatic carbocycles. The van der Waals surface area contributed by atoms with Crippen LogP contribution >= 0.6 is 23.2 Å². The maximum absolute atomic E-state index is 6.57. The lowest BCUT2D eigenvalue weighted by atomic mass is 9.93. The Bertz CT molecular complexity index is 963. The molecule has 3 rings (SSSR count). The van der Waals surface area contributed by atoms with Crippen molar-refractivity contribution in [3.05, 3.63) is 70.7 Å². The summed E-state index contributed by atoms with van der Waals surface area (Å²) in [6.07, 6.45) is 3.07. The molecule has 0 aliphatic heterocycles. The monoisotopic (exact) mass is 401 g/mol. The summed E-state index contributed by atoms with van der Waals surface area (Å²) < 4.78 is 13.3. The predicted octanol–water partition coefficient (Wildman–Crippen LogP) is 4.94. The summed E-state index contributed by atoms with van der Waals surface area (Å²) in [7, 11) is 1.59. The first-order valence-corrected chi connectivity index (χ1v) is 8.87. The summed E-state index contributed by atoms with van der Waals surface area (Å²) in [4.78, 5) is 3.97. The van der Waals surface area contributed by atoms with Crippen molar-refractivity contribution in [3.8, 4) is 23.3 Å². The van der Waals surface area contributed by atoms with E-state index >= 15 is 0 Å². The summed E-state index contributed by atoms with van der Waals surface area (Å²) in [6.45, 7) is 2.10. The Morgan fingerprint density at radius 2 is 1.85 bits per heavy atom. The van der Waals surface area contributed by atoms with E-state index in [-0.39, 0.29) is 0 Å². The molecule has 0 N–H and O–H groups in total. The van der Waals surface area contributed by atoms with Gasteiger partial charge in [-0.3, -0.25) is 0 Å². The standard InChI is InChI=1S/C20H17Cl2N3O2/c1-3-10-20(26-2,12-25-14-23-13-24-25)18-9-8-17(11-19(18)22)27-16-6-4-15(21)5-7-16/h4-9,11,13-14H,12H2,1-2H3/t20-/m1/s1. The SMILES string of the molecule is CC#C[C@](Cn1cncn1)(OC)c1ccc(Oc2ccc(Cl)cc2)cc1Cl. The van der Waals surface area contributed by atoms with Gasteiger partial charge in [-0.2, -0.15) is 5.10 Å². The topological polar surface area (TPSA) is 49.2 Å². The number of hydrogen-bond donors (Lipinski definition) is 0. The highest BCUT2D eigenvalue weighted by Crippen LogP contribution is 2.36. The van der Waals surface area contributed by atoms with Crippen LogP contribution in [-0.4, -0.2) is 21.9 Å². The maximum Gasteiger partial charge on any atom is 0.174 e. The number of hydrogen-bond acceptors (Lipinski definition) is 4. The van der Waals surface area contributed by atoms with E-state index in [0.29, 0.717) is 28.1 Å². The minimum absolute atomic E-state index is 0.349. The molecular weight excluding hydrogens is 385 g/mol. The second-order valence-corrected chi connectivity index (χ2v) is 6.54. The fourth-order valence-electron chi connectivity index (χ4n) is 2.69. The summed E-state index contributed by atoms with van der Waals surface area (Å²) in [6, 6.07) is 12.5. The lowest BCUT2D eigenvalue weighted by Crippen LogP contribution is -2.33. The highest BCUT2D eigenvalue weighted by molar-refractivity contribution is 6.31. The van der Waals surface area contributed by atoms with Crippen LogP contribution in [0.25, 0.3) is 0 Å². The molecular formula is C20H17Cl2N3O2. The summed E-state index contributed by atoms with van der Waals surface area (Å²) in [5.74, 6) is 7.30. The lowest BCUT2D eigenvalue weighted by molar-refractivity contribution is 0.0198. The molecule has 0 aliphatic rings. The normalized spacial score (nSPS) is 12.7. The van der Waals surface area contributed by atoms with Gasteiger partial charge >= 0.3 is 0 Å². The zero-order valence-corrected chi connectivity index (χ0v) is 16.3. The van der Waals surface area contributed by atoms with Crippen molar-refractivity contribution >= 4 is 23.2 Å². The van der Waals surface area contributed by atoms with Crippen LogP contribution in [0.1, 0.15) is 12.5 Å². The molecule has 27 heavy (non-hydrogen) atoms. The minimum Gasteiger partial charge on any atom is -0.457 e. The third-order valence-corrected chi connectivity index (χ3v) is 4.52. The summed E-state index contributed by atoms with van der Waals surface area (Å²) in [5.41, 5.74) is -0.238. The van der Waals surface area contributed by atoms with Crippen molar-refractivity contribution in [1.82, 2.24) is 14.8 Å². The smallest absolute Gasteiger partial charge is 0.174 e. The number of nitrogens with zero attached hydrogens (tertiary/aromatic N) is 3. The molecule has 0 fully saturated rings. The molecule has 1 atom stereocenters. The molecule has 1 heterocycles. The van der Waals surface area contributed by atoms with Crippen LogP contribution in [0, 0.1) is 11.8 Å². The Balaban J connectivity index is 1.93. The Morgan fingerprint density at radius 3 is 2.44 bits per heavy atom. The van der Waals surface area contributed by atoms with Gasteiger partial charge in [0.2, 0.25) is 0 Å². The zero-order valence-electron chi connectivity index (χ0n) is 14.8. The van der Waals surface area contributed by atoms with Crippen LogP contribution in [0.2, 0.25) is 10.0 Å². The van der Waals surface area contributed by atoms with E-state index in [1.807, 2.05) is 12.1 Å². The van der Waals surface area contributed by atoms with E-state index in [1.54, 1.807) is 55.4 Å². The third kappa shape index (κ3) is 4.42. The first-order chi connectivity index (χ1) is 13.1. The zero-order chi connectivity index (χ0) is 19.3. The molecule has 1 aromatic heterocycles. The Morgan fingerprint density at radius 1 is 1.11 bits per heavy atom. The van der Waals surface area contributed by atoms with Crippen LogP contribution in [0.15, 0.2) is 55.1 Å². The van der Waals surface area contributed by atoms with Crippen LogP contribution in [-0.2, 0) is 16.9 Å². The lowest BCUT2D eigenvalue weighted by Gasteiger charge is -2.28. The fourth-order valence-corrected chi connectivity index (χ4v) is 3.14. The molecule has 0 radical (unpaired) electrons. The number of methoxy groups -OCH3 is 1. The number of rotatable bonds is 6. The molecule has 3 aromatic rings. The molecule has 0 bridgehead atoms. The van der Waals surface area contributed by atoms with Crippen LogP contribution in [0.5, 0.6) is 11.5 Å². The summed E-state index contributed by atoms with van der Waals surface area (Å²) in [5, 5.41) is 5.27. The second kappa shape index (κ2) is 8.45. The second-order valence-electron chi connectivity index (χ2n) is 5.70. The van der Waals surface area contributed by atoms with E-state index in [1.165, 1.54) is 6.33 Å². The average molecular weight is 402 g/mol. The maximum atomic E-state index is 6.57. The van der Waals surface area contributed by atoms with E-state index < -0.39 is 5.60 Å². The van der Waals surface area contributed by atoms with Gasteiger partial charge in [0.15, 0.2) is 5.60 Å². The molecule has 7 heteroatoms. The molecule has 0 saturated heterocycles. The molecule has 138 valence electrons. The van der Waals surface area contributed by atoms with Gasteiger partial charge in [0.05, 0.1) is 11.6 Å². The highest BCUT2D eigenvalue weighted by atomic mass is 35.5. The van der Waals surface area contributed by atoms with Gasteiger partial charge in [0.1, 0.15) is 24.2 Å². The van der Waals surface area contributed by atoms with E-state index in [4.69, 9.17) is 32.7 Å². The quantitative estimate of drug-likeness (QED) is 0.548. The molecule has 5 nitrogen and oxygen atoms in total. The van der Waals surface area contributed by atoms with Crippen molar-refractivity contribution in [3.63, 3.8) is 0 Å². The Hall–Kier alpha value is -2.52. The largest absolute Gasteiger partial charge is 0.457 e. The van der Waals surface area contributed by atoms with E-state index in [9.17, 15) is 0 Å². The Kier molecular flexibility index (Phi) is 6.02. The summed E-state index contributed by atoms with van der Waals surface area (Å²) >= 11 is 12.5. The van der Waals surface area contributed by atoms with Crippen molar-refractivity contribution < 1.29 is 9.47 Å². The molecule has 2 aromatic carbocycles. The highest BCUT2D eigenvalue weighted by Gasteiger charge is 2.33. The van der Waals surface area contributed by atoms with E-state index in [2.05, 4.69) is 21.9 Å². The van der Waals surface area contributed by atoms with Gasteiger partial charge in [-0.15, -0.1) is 5.92 Å². The molecule has 0 saturated carbocycles. The van der Waals surface area contributed by atoms with Gasteiger partial charge in [-0.05, 0) is 49.4 Å². The predicted molar refractivity (Wildman–Crippen MR) is 105 cm³/mol. The van der Waals surface area contributed by atoms with Gasteiger partial charge < -0.3 is 9.47 Å². The van der Waals surface area contributed by atoms with Gasteiger partial charge in [-0.25, -0.2) is 9.67 Å². The number of aromatic nitrogens is 3. The van der Waals surface area contributed by atoms with Gasteiger partial charge in [0.25, 0.3) is 0 Å². The first kappa shape index (κ1) is 19.2. The average Bonchev–Trinajstić information content (AvgIpc) is 3.16. The van der Waals surface area contributed by atoms with Crippen LogP contribution < -0.4 is 4.74 Å². The number of halogens is 2. The van der Waals surface area contributed by atoms with Crippen molar-refractivity contribution in [1.29, 1.82) is 0 Å². The minimum atomic E-state index is -0.960. The Labute approximate surface area is 167 Å². The first-order valence-electron chi connectivity index (χ1n) is 8.11. The molecule has 0 amide bonds. The number of benzene rings is 2. The van der Waals surface area contributed by atoms with Crippen LogP contribution in [0.4, 0.5) is 0 Å². The van der Waals surface area contributed by atoms with Crippen molar-refractivity contribution in [2.45, 2.75) is 19.1 Å². The third-order valence-electron chi connectivity index (χ3n) is 3.95.